The van der Waals surface area contributed by atoms with Crippen LogP contribution in [0, 0.1) is 20.2 Å². The first-order valence-electron chi connectivity index (χ1n) is 5.89. The number of rotatable bonds is 5. The molecule has 0 N–H and O–H groups in total. The molecule has 0 saturated carbocycles. The third kappa shape index (κ3) is 3.87. The van der Waals surface area contributed by atoms with Gasteiger partial charge in [-0.1, -0.05) is 24.3 Å². The van der Waals surface area contributed by atoms with Crippen LogP contribution in [0.25, 0.3) is 6.08 Å². The molecule has 0 heterocycles. The normalized spacial score (nSPS) is 10.5. The summed E-state index contributed by atoms with van der Waals surface area (Å²) >= 11 is 0. The quantitative estimate of drug-likeness (QED) is 0.617. The second-order valence-corrected chi connectivity index (χ2v) is 4.00. The maximum atomic E-state index is 11.1. The van der Waals surface area contributed by atoms with E-state index in [0.29, 0.717) is 11.3 Å². The highest BCUT2D eigenvalue weighted by atomic mass is 16.6. The largest absolute Gasteiger partial charge is 0.450 e. The van der Waals surface area contributed by atoms with Crippen LogP contribution in [0.5, 0.6) is 11.5 Å². The van der Waals surface area contributed by atoms with Gasteiger partial charge in [0.2, 0.25) is 11.9 Å². The molecule has 0 aromatic heterocycles. The number of para-hydroxylation sites is 1. The van der Waals surface area contributed by atoms with E-state index in [2.05, 4.69) is 0 Å². The molecular weight excluding hydrogens is 276 g/mol. The van der Waals surface area contributed by atoms with Crippen molar-refractivity contribution in [1.82, 2.24) is 0 Å². The first kappa shape index (κ1) is 14.2. The Balaban J connectivity index is 2.33. The van der Waals surface area contributed by atoms with Crippen molar-refractivity contribution >= 4 is 11.8 Å². The van der Waals surface area contributed by atoms with Crippen LogP contribution in [0.15, 0.2) is 54.7 Å². The van der Waals surface area contributed by atoms with Gasteiger partial charge in [-0.3, -0.25) is 20.2 Å². The van der Waals surface area contributed by atoms with Crippen molar-refractivity contribution in [1.29, 1.82) is 0 Å². The van der Waals surface area contributed by atoms with Crippen LogP contribution in [0.3, 0.4) is 0 Å². The van der Waals surface area contributed by atoms with Crippen molar-refractivity contribution in [2.24, 2.45) is 0 Å². The number of nitro benzene ring substituents is 1. The molecule has 0 aliphatic carbocycles. The molecule has 0 spiro atoms. The average Bonchev–Trinajstić information content (AvgIpc) is 2.47. The maximum Gasteiger partial charge on any atom is 0.312 e. The molecule has 0 radical (unpaired) electrons. The Morgan fingerprint density at radius 1 is 1.00 bits per heavy atom. The SMILES string of the molecule is O=[N+]([O-])/C=C/c1ccc(Oc2ccccc2)c([N+](=O)[O-])c1. The van der Waals surface area contributed by atoms with Crippen molar-refractivity contribution in [3.05, 3.63) is 80.5 Å². The van der Waals surface area contributed by atoms with Gasteiger partial charge in [0.15, 0.2) is 0 Å². The minimum Gasteiger partial charge on any atom is -0.450 e. The number of nitrogens with zero attached hydrogens (tertiary/aromatic N) is 2. The zero-order valence-corrected chi connectivity index (χ0v) is 10.7. The van der Waals surface area contributed by atoms with Crippen LogP contribution in [0.1, 0.15) is 5.56 Å². The smallest absolute Gasteiger partial charge is 0.312 e. The molecule has 0 bridgehead atoms. The Morgan fingerprint density at radius 3 is 2.33 bits per heavy atom. The molecule has 7 nitrogen and oxygen atoms in total. The first-order valence-corrected chi connectivity index (χ1v) is 5.89. The van der Waals surface area contributed by atoms with Crippen molar-refractivity contribution in [3.8, 4) is 11.5 Å². The van der Waals surface area contributed by atoms with Crippen LogP contribution in [-0.2, 0) is 0 Å². The van der Waals surface area contributed by atoms with Crippen LogP contribution in [0.4, 0.5) is 5.69 Å². The Labute approximate surface area is 119 Å². The third-order valence-corrected chi connectivity index (χ3v) is 2.54. The van der Waals surface area contributed by atoms with Gasteiger partial charge < -0.3 is 4.74 Å². The zero-order valence-electron chi connectivity index (χ0n) is 10.7. The lowest BCUT2D eigenvalue weighted by atomic mass is 10.2. The van der Waals surface area contributed by atoms with E-state index in [4.69, 9.17) is 4.74 Å². The Morgan fingerprint density at radius 2 is 1.71 bits per heavy atom. The molecule has 7 heteroatoms. The lowest BCUT2D eigenvalue weighted by Gasteiger charge is -2.06. The number of benzene rings is 2. The van der Waals surface area contributed by atoms with Crippen molar-refractivity contribution in [2.45, 2.75) is 0 Å². The second-order valence-electron chi connectivity index (χ2n) is 4.00. The summed E-state index contributed by atoms with van der Waals surface area (Å²) in [4.78, 5) is 20.1. The fourth-order valence-corrected chi connectivity index (χ4v) is 1.63. The van der Waals surface area contributed by atoms with Crippen LogP contribution in [-0.4, -0.2) is 9.85 Å². The highest BCUT2D eigenvalue weighted by molar-refractivity contribution is 5.59. The number of hydrogen-bond donors (Lipinski definition) is 0. The van der Waals surface area contributed by atoms with Gasteiger partial charge in [-0.25, -0.2) is 0 Å². The third-order valence-electron chi connectivity index (χ3n) is 2.54. The summed E-state index contributed by atoms with van der Waals surface area (Å²) in [6.45, 7) is 0. The second kappa shape index (κ2) is 6.29. The standard InChI is InChI=1S/C14H10N2O5/c17-15(18)9-8-11-6-7-14(13(10-11)16(19)20)21-12-4-2-1-3-5-12/h1-10H/b9-8+. The zero-order chi connectivity index (χ0) is 15.2. The molecular formula is C14H10N2O5. The molecule has 0 saturated heterocycles. The van der Waals surface area contributed by atoms with Gasteiger partial charge in [0.25, 0.3) is 0 Å². The van der Waals surface area contributed by atoms with E-state index in [1.807, 2.05) is 0 Å². The molecule has 0 atom stereocenters. The van der Waals surface area contributed by atoms with Gasteiger partial charge in [0.05, 0.1) is 9.85 Å². The van der Waals surface area contributed by atoms with Crippen molar-refractivity contribution < 1.29 is 14.6 Å². The van der Waals surface area contributed by atoms with E-state index < -0.39 is 9.85 Å². The molecule has 21 heavy (non-hydrogen) atoms. The monoisotopic (exact) mass is 286 g/mol. The summed E-state index contributed by atoms with van der Waals surface area (Å²) in [6, 6.07) is 12.8. The molecule has 2 rings (SSSR count). The average molecular weight is 286 g/mol. The first-order chi connectivity index (χ1) is 10.1. The van der Waals surface area contributed by atoms with Gasteiger partial charge in [0.1, 0.15) is 5.75 Å². The van der Waals surface area contributed by atoms with E-state index >= 15 is 0 Å². The summed E-state index contributed by atoms with van der Waals surface area (Å²) in [7, 11) is 0. The summed E-state index contributed by atoms with van der Waals surface area (Å²) in [5.74, 6) is 0.540. The summed E-state index contributed by atoms with van der Waals surface area (Å²) in [6.07, 6.45) is 1.90. The molecule has 106 valence electrons. The summed E-state index contributed by atoms with van der Waals surface area (Å²) < 4.78 is 5.45. The fourth-order valence-electron chi connectivity index (χ4n) is 1.63. The Kier molecular flexibility index (Phi) is 4.25. The van der Waals surface area contributed by atoms with Gasteiger partial charge in [-0.2, -0.15) is 0 Å². The molecule has 0 aliphatic heterocycles. The molecule has 0 amide bonds. The molecule has 0 fully saturated rings. The lowest BCUT2D eigenvalue weighted by molar-refractivity contribution is -0.400. The van der Waals surface area contributed by atoms with Crippen molar-refractivity contribution in [3.63, 3.8) is 0 Å². The van der Waals surface area contributed by atoms with Crippen LogP contribution >= 0.6 is 0 Å². The summed E-state index contributed by atoms with van der Waals surface area (Å²) in [5, 5.41) is 21.3. The number of hydrogen-bond acceptors (Lipinski definition) is 5. The molecule has 2 aromatic carbocycles. The molecule has 2 aromatic rings. The van der Waals surface area contributed by atoms with Gasteiger partial charge in [-0.15, -0.1) is 0 Å². The molecule has 0 unspecified atom stereocenters. The van der Waals surface area contributed by atoms with Crippen LogP contribution < -0.4 is 4.74 Å². The predicted octanol–water partition coefficient (Wildman–Crippen LogP) is 3.63. The molecule has 0 aliphatic rings. The number of ether oxygens (including phenoxy) is 1. The van der Waals surface area contributed by atoms with E-state index in [-0.39, 0.29) is 11.4 Å². The number of nitro groups is 2. The van der Waals surface area contributed by atoms with E-state index in [9.17, 15) is 20.2 Å². The van der Waals surface area contributed by atoms with Gasteiger partial charge in [-0.05, 0) is 23.8 Å². The Hall–Kier alpha value is -3.22. The minimum atomic E-state index is -0.639. The summed E-state index contributed by atoms with van der Waals surface area (Å²) in [5.41, 5.74) is 0.0863. The van der Waals surface area contributed by atoms with E-state index in [1.54, 1.807) is 30.3 Å². The van der Waals surface area contributed by atoms with Crippen LogP contribution in [0.2, 0.25) is 0 Å². The highest BCUT2D eigenvalue weighted by Gasteiger charge is 2.16. The topological polar surface area (TPSA) is 95.5 Å². The Bertz CT molecular complexity index is 698. The van der Waals surface area contributed by atoms with Crippen molar-refractivity contribution in [2.75, 3.05) is 0 Å². The minimum absolute atomic E-state index is 0.0736. The van der Waals surface area contributed by atoms with Gasteiger partial charge >= 0.3 is 5.69 Å². The fraction of sp³-hybridized carbons (Fsp3) is 0. The lowest BCUT2D eigenvalue weighted by Crippen LogP contribution is -1.94. The van der Waals surface area contributed by atoms with Gasteiger partial charge in [0, 0.05) is 12.1 Å². The highest BCUT2D eigenvalue weighted by Crippen LogP contribution is 2.32. The van der Waals surface area contributed by atoms with E-state index in [1.165, 1.54) is 24.3 Å². The predicted molar refractivity (Wildman–Crippen MR) is 75.6 cm³/mol. The maximum absolute atomic E-state index is 11.1. The van der Waals surface area contributed by atoms with E-state index in [0.717, 1.165) is 6.20 Å².